The molecule has 1 rings (SSSR count). The Bertz CT molecular complexity index is 413. The van der Waals surface area contributed by atoms with E-state index in [1.54, 1.807) is 12.1 Å². The van der Waals surface area contributed by atoms with E-state index in [0.29, 0.717) is 5.56 Å². The minimum atomic E-state index is -0.182. The fourth-order valence-corrected chi connectivity index (χ4v) is 1.05. The Hall–Kier alpha value is -1.79. The predicted octanol–water partition coefficient (Wildman–Crippen LogP) is 0.905. The van der Waals surface area contributed by atoms with Crippen LogP contribution < -0.4 is 5.73 Å². The molecule has 0 saturated heterocycles. The number of Topliss-reactive ketones (excluding diaryl/α,β-unsaturated/α-hetero) is 1. The molecule has 1 aromatic carbocycles. The second kappa shape index (κ2) is 4.45. The summed E-state index contributed by atoms with van der Waals surface area (Å²) < 4.78 is 0. The number of ketones is 1. The lowest BCUT2D eigenvalue weighted by Crippen LogP contribution is -1.95. The van der Waals surface area contributed by atoms with Crippen LogP contribution in [0.2, 0.25) is 0 Å². The molecule has 0 unspecified atom stereocenters. The second-order valence-corrected chi connectivity index (χ2v) is 2.79. The van der Waals surface area contributed by atoms with Gasteiger partial charge < -0.3 is 10.8 Å². The van der Waals surface area contributed by atoms with Gasteiger partial charge >= 0.3 is 0 Å². The Kier molecular flexibility index (Phi) is 3.27. The van der Waals surface area contributed by atoms with E-state index < -0.39 is 0 Å². The zero-order chi connectivity index (χ0) is 10.6. The van der Waals surface area contributed by atoms with Crippen molar-refractivity contribution in [1.82, 2.24) is 0 Å². The minimum absolute atomic E-state index is 0.0178. The first kappa shape index (κ1) is 10.3. The molecular weight excluding hydrogens is 178 g/mol. The first-order valence-corrected chi connectivity index (χ1v) is 4.18. The van der Waals surface area contributed by atoms with Crippen molar-refractivity contribution in [1.29, 1.82) is 0 Å². The van der Waals surface area contributed by atoms with Crippen molar-refractivity contribution < 1.29 is 9.90 Å². The summed E-state index contributed by atoms with van der Waals surface area (Å²) in [5.74, 6) is 5.26. The Balaban J connectivity index is 3.13. The average molecular weight is 189 g/mol. The Labute approximate surface area is 82.6 Å². The fourth-order valence-electron chi connectivity index (χ4n) is 1.05. The van der Waals surface area contributed by atoms with Gasteiger partial charge in [-0.3, -0.25) is 4.79 Å². The van der Waals surface area contributed by atoms with Crippen molar-refractivity contribution in [2.45, 2.75) is 6.92 Å². The highest BCUT2D eigenvalue weighted by Gasteiger charge is 2.05. The Morgan fingerprint density at radius 3 is 2.86 bits per heavy atom. The van der Waals surface area contributed by atoms with Crippen LogP contribution in [-0.4, -0.2) is 17.4 Å². The van der Waals surface area contributed by atoms with Gasteiger partial charge in [-0.2, -0.15) is 0 Å². The van der Waals surface area contributed by atoms with E-state index in [-0.39, 0.29) is 23.6 Å². The standard InChI is InChI=1S/C11H11NO2/c1-8(13)10-7-9(3-2-6-12)4-5-11(10)14/h4-5,7,14H,6,12H2,1H3. The third-order valence-corrected chi connectivity index (χ3v) is 1.71. The third-order valence-electron chi connectivity index (χ3n) is 1.71. The van der Waals surface area contributed by atoms with Crippen LogP contribution in [0.1, 0.15) is 22.8 Å². The highest BCUT2D eigenvalue weighted by Crippen LogP contribution is 2.18. The van der Waals surface area contributed by atoms with Crippen LogP contribution in [0.15, 0.2) is 18.2 Å². The number of carbonyl (C=O) groups is 1. The van der Waals surface area contributed by atoms with Crippen LogP contribution in [0, 0.1) is 11.8 Å². The second-order valence-electron chi connectivity index (χ2n) is 2.79. The van der Waals surface area contributed by atoms with E-state index in [1.165, 1.54) is 13.0 Å². The number of hydrogen-bond donors (Lipinski definition) is 2. The fraction of sp³-hybridized carbons (Fsp3) is 0.182. The van der Waals surface area contributed by atoms with Gasteiger partial charge in [0.1, 0.15) is 5.75 Å². The Morgan fingerprint density at radius 2 is 2.29 bits per heavy atom. The molecular formula is C11H11NO2. The number of phenols is 1. The van der Waals surface area contributed by atoms with Crippen molar-refractivity contribution in [3.8, 4) is 17.6 Å². The molecule has 0 heterocycles. The predicted molar refractivity (Wildman–Crippen MR) is 54.0 cm³/mol. The largest absolute Gasteiger partial charge is 0.507 e. The van der Waals surface area contributed by atoms with Gasteiger partial charge in [0.15, 0.2) is 5.78 Å². The quantitative estimate of drug-likeness (QED) is 0.509. The van der Waals surface area contributed by atoms with Crippen molar-refractivity contribution in [3.63, 3.8) is 0 Å². The van der Waals surface area contributed by atoms with Crippen LogP contribution >= 0.6 is 0 Å². The molecule has 0 aliphatic heterocycles. The van der Waals surface area contributed by atoms with E-state index >= 15 is 0 Å². The van der Waals surface area contributed by atoms with E-state index in [4.69, 9.17) is 5.73 Å². The lowest BCUT2D eigenvalue weighted by molar-refractivity contribution is 0.101. The van der Waals surface area contributed by atoms with Gasteiger partial charge in [0.25, 0.3) is 0 Å². The number of hydrogen-bond acceptors (Lipinski definition) is 3. The van der Waals surface area contributed by atoms with Crippen LogP contribution in [0.25, 0.3) is 0 Å². The molecule has 14 heavy (non-hydrogen) atoms. The lowest BCUT2D eigenvalue weighted by atomic mass is 10.1. The highest BCUT2D eigenvalue weighted by atomic mass is 16.3. The molecule has 0 amide bonds. The number of rotatable bonds is 1. The summed E-state index contributed by atoms with van der Waals surface area (Å²) >= 11 is 0. The number of carbonyl (C=O) groups excluding carboxylic acids is 1. The van der Waals surface area contributed by atoms with Crippen molar-refractivity contribution in [2.75, 3.05) is 6.54 Å². The van der Waals surface area contributed by atoms with Crippen LogP contribution in [0.3, 0.4) is 0 Å². The first-order valence-electron chi connectivity index (χ1n) is 4.18. The molecule has 0 saturated carbocycles. The molecule has 0 spiro atoms. The van der Waals surface area contributed by atoms with Gasteiger partial charge in [-0.05, 0) is 25.1 Å². The van der Waals surface area contributed by atoms with Gasteiger partial charge in [0, 0.05) is 5.56 Å². The molecule has 0 radical (unpaired) electrons. The summed E-state index contributed by atoms with van der Waals surface area (Å²) in [5.41, 5.74) is 6.18. The smallest absolute Gasteiger partial charge is 0.163 e. The summed E-state index contributed by atoms with van der Waals surface area (Å²) in [6.45, 7) is 1.67. The molecule has 0 atom stereocenters. The third kappa shape index (κ3) is 2.35. The average Bonchev–Trinajstić information content (AvgIpc) is 2.16. The van der Waals surface area contributed by atoms with Crippen LogP contribution in [0.5, 0.6) is 5.75 Å². The molecule has 1 aromatic rings. The monoisotopic (exact) mass is 189 g/mol. The highest BCUT2D eigenvalue weighted by molar-refractivity contribution is 5.97. The van der Waals surface area contributed by atoms with E-state index in [0.717, 1.165) is 0 Å². The number of aromatic hydroxyl groups is 1. The zero-order valence-corrected chi connectivity index (χ0v) is 7.87. The van der Waals surface area contributed by atoms with Crippen molar-refractivity contribution in [3.05, 3.63) is 29.3 Å². The molecule has 0 aromatic heterocycles. The first-order chi connectivity index (χ1) is 6.65. The summed E-state index contributed by atoms with van der Waals surface area (Å²) in [4.78, 5) is 11.1. The SMILES string of the molecule is CC(=O)c1cc(C#CCN)ccc1O. The van der Waals surface area contributed by atoms with Gasteiger partial charge in [-0.25, -0.2) is 0 Å². The molecule has 72 valence electrons. The molecule has 0 fully saturated rings. The summed E-state index contributed by atoms with van der Waals surface area (Å²) in [6.07, 6.45) is 0. The van der Waals surface area contributed by atoms with E-state index in [2.05, 4.69) is 11.8 Å². The molecule has 0 aliphatic carbocycles. The van der Waals surface area contributed by atoms with Crippen molar-refractivity contribution >= 4 is 5.78 Å². The van der Waals surface area contributed by atoms with E-state index in [1.807, 2.05) is 0 Å². The van der Waals surface area contributed by atoms with Gasteiger partial charge in [-0.15, -0.1) is 0 Å². The summed E-state index contributed by atoms with van der Waals surface area (Å²) in [6, 6.07) is 4.65. The van der Waals surface area contributed by atoms with Gasteiger partial charge in [0.2, 0.25) is 0 Å². The maximum Gasteiger partial charge on any atom is 0.163 e. The summed E-state index contributed by atoms with van der Waals surface area (Å²) in [7, 11) is 0. The maximum absolute atomic E-state index is 11.1. The lowest BCUT2D eigenvalue weighted by Gasteiger charge is -2.00. The van der Waals surface area contributed by atoms with Crippen molar-refractivity contribution in [2.24, 2.45) is 5.73 Å². The zero-order valence-electron chi connectivity index (χ0n) is 7.87. The normalized spacial score (nSPS) is 9.00. The van der Waals surface area contributed by atoms with Gasteiger partial charge in [-0.1, -0.05) is 11.8 Å². The minimum Gasteiger partial charge on any atom is -0.507 e. The molecule has 3 heteroatoms. The molecule has 0 bridgehead atoms. The molecule has 3 nitrogen and oxygen atoms in total. The topological polar surface area (TPSA) is 63.3 Å². The van der Waals surface area contributed by atoms with Crippen LogP contribution in [-0.2, 0) is 0 Å². The number of phenolic OH excluding ortho intramolecular Hbond substituents is 1. The van der Waals surface area contributed by atoms with Crippen LogP contribution in [0.4, 0.5) is 0 Å². The Morgan fingerprint density at radius 1 is 1.57 bits per heavy atom. The number of nitrogens with two attached hydrogens (primary N) is 1. The summed E-state index contributed by atoms with van der Waals surface area (Å²) in [5, 5.41) is 9.34. The molecule has 0 aliphatic rings. The maximum atomic E-state index is 11.1. The van der Waals surface area contributed by atoms with E-state index in [9.17, 15) is 9.90 Å². The van der Waals surface area contributed by atoms with Gasteiger partial charge in [0.05, 0.1) is 12.1 Å². The molecule has 3 N–H and O–H groups in total. The number of benzene rings is 1.